The van der Waals surface area contributed by atoms with Crippen LogP contribution in [0.2, 0.25) is 0 Å². The minimum Gasteiger partial charge on any atom is -0.497 e. The van der Waals surface area contributed by atoms with Gasteiger partial charge in [0, 0.05) is 12.1 Å². The zero-order chi connectivity index (χ0) is 10.4. The summed E-state index contributed by atoms with van der Waals surface area (Å²) in [5, 5.41) is 11.1. The predicted molar refractivity (Wildman–Crippen MR) is 52.4 cm³/mol. The molecule has 0 saturated carbocycles. The zero-order valence-corrected chi connectivity index (χ0v) is 7.99. The van der Waals surface area contributed by atoms with Crippen molar-refractivity contribution in [3.63, 3.8) is 0 Å². The summed E-state index contributed by atoms with van der Waals surface area (Å²) in [6, 6.07) is 6.84. The Hall–Kier alpha value is -1.55. The summed E-state index contributed by atoms with van der Waals surface area (Å²) in [6.07, 6.45) is 0. The number of carbonyl (C=O) groups is 1. The molecule has 1 aromatic carbocycles. The summed E-state index contributed by atoms with van der Waals surface area (Å²) in [4.78, 5) is 11.4. The van der Waals surface area contributed by atoms with Crippen molar-refractivity contribution in [3.05, 3.63) is 29.8 Å². The lowest BCUT2D eigenvalue weighted by molar-refractivity contribution is 0.0944. The van der Waals surface area contributed by atoms with Crippen LogP contribution >= 0.6 is 0 Å². The number of methoxy groups -OCH3 is 1. The number of ether oxygens (including phenoxy) is 1. The van der Waals surface area contributed by atoms with Crippen LogP contribution in [-0.4, -0.2) is 31.3 Å². The SMILES string of the molecule is COc1cccc(C(=O)NCCO)c1. The molecule has 1 aromatic rings. The van der Waals surface area contributed by atoms with E-state index < -0.39 is 0 Å². The average Bonchev–Trinajstić information content (AvgIpc) is 2.26. The number of aliphatic hydroxyl groups excluding tert-OH is 1. The highest BCUT2D eigenvalue weighted by molar-refractivity contribution is 5.94. The second-order valence-electron chi connectivity index (χ2n) is 2.71. The third kappa shape index (κ3) is 2.74. The first-order valence-electron chi connectivity index (χ1n) is 4.31. The van der Waals surface area contributed by atoms with Crippen LogP contribution in [0.15, 0.2) is 24.3 Å². The van der Waals surface area contributed by atoms with Gasteiger partial charge in [-0.25, -0.2) is 0 Å². The van der Waals surface area contributed by atoms with E-state index in [1.54, 1.807) is 31.4 Å². The number of aliphatic hydroxyl groups is 1. The van der Waals surface area contributed by atoms with Gasteiger partial charge in [0.25, 0.3) is 5.91 Å². The summed E-state index contributed by atoms with van der Waals surface area (Å²) in [7, 11) is 1.55. The lowest BCUT2D eigenvalue weighted by atomic mass is 10.2. The molecular formula is C10H13NO3. The van der Waals surface area contributed by atoms with Crippen molar-refractivity contribution in [2.75, 3.05) is 20.3 Å². The number of benzene rings is 1. The van der Waals surface area contributed by atoms with E-state index in [1.807, 2.05) is 0 Å². The number of hydrogen-bond acceptors (Lipinski definition) is 3. The molecule has 1 amide bonds. The number of rotatable bonds is 4. The van der Waals surface area contributed by atoms with Crippen molar-refractivity contribution in [3.8, 4) is 5.75 Å². The fourth-order valence-electron chi connectivity index (χ4n) is 1.04. The van der Waals surface area contributed by atoms with Crippen LogP contribution < -0.4 is 10.1 Å². The second kappa shape index (κ2) is 5.24. The molecule has 1 rings (SSSR count). The van der Waals surface area contributed by atoms with Gasteiger partial charge in [-0.15, -0.1) is 0 Å². The van der Waals surface area contributed by atoms with E-state index in [-0.39, 0.29) is 19.1 Å². The fraction of sp³-hybridized carbons (Fsp3) is 0.300. The van der Waals surface area contributed by atoms with Crippen LogP contribution in [0.5, 0.6) is 5.75 Å². The quantitative estimate of drug-likeness (QED) is 0.732. The zero-order valence-electron chi connectivity index (χ0n) is 7.99. The maximum absolute atomic E-state index is 11.4. The normalized spacial score (nSPS) is 9.57. The van der Waals surface area contributed by atoms with Gasteiger partial charge in [0.1, 0.15) is 5.75 Å². The Kier molecular flexibility index (Phi) is 3.94. The Morgan fingerprint density at radius 2 is 2.36 bits per heavy atom. The van der Waals surface area contributed by atoms with E-state index in [0.717, 1.165) is 0 Å². The van der Waals surface area contributed by atoms with Crippen LogP contribution in [0.3, 0.4) is 0 Å². The van der Waals surface area contributed by atoms with Gasteiger partial charge in [0.2, 0.25) is 0 Å². The second-order valence-corrected chi connectivity index (χ2v) is 2.71. The van der Waals surface area contributed by atoms with Gasteiger partial charge in [-0.05, 0) is 18.2 Å². The predicted octanol–water partition coefficient (Wildman–Crippen LogP) is 0.417. The maximum atomic E-state index is 11.4. The molecule has 0 aliphatic rings. The van der Waals surface area contributed by atoms with Crippen molar-refractivity contribution < 1.29 is 14.6 Å². The van der Waals surface area contributed by atoms with Crippen LogP contribution in [0, 0.1) is 0 Å². The Labute approximate surface area is 82.5 Å². The van der Waals surface area contributed by atoms with E-state index in [4.69, 9.17) is 9.84 Å². The molecule has 4 nitrogen and oxygen atoms in total. The number of hydrogen-bond donors (Lipinski definition) is 2. The fourth-order valence-corrected chi connectivity index (χ4v) is 1.04. The highest BCUT2D eigenvalue weighted by Crippen LogP contribution is 2.11. The van der Waals surface area contributed by atoms with Gasteiger partial charge in [-0.1, -0.05) is 6.07 Å². The van der Waals surface area contributed by atoms with Crippen LogP contribution in [0.1, 0.15) is 10.4 Å². The number of carbonyl (C=O) groups excluding carboxylic acids is 1. The molecule has 0 bridgehead atoms. The maximum Gasteiger partial charge on any atom is 0.251 e. The van der Waals surface area contributed by atoms with Crippen molar-refractivity contribution in [1.29, 1.82) is 0 Å². The van der Waals surface area contributed by atoms with Crippen molar-refractivity contribution in [1.82, 2.24) is 5.32 Å². The molecule has 0 heterocycles. The summed E-state index contributed by atoms with van der Waals surface area (Å²) in [5.41, 5.74) is 0.526. The molecule has 0 aliphatic carbocycles. The van der Waals surface area contributed by atoms with Crippen molar-refractivity contribution in [2.45, 2.75) is 0 Å². The lowest BCUT2D eigenvalue weighted by Gasteiger charge is -2.04. The van der Waals surface area contributed by atoms with Gasteiger partial charge < -0.3 is 15.2 Å². The molecular weight excluding hydrogens is 182 g/mol. The summed E-state index contributed by atoms with van der Waals surface area (Å²) in [5.74, 6) is 0.430. The van der Waals surface area contributed by atoms with Gasteiger partial charge in [0.05, 0.1) is 13.7 Å². The molecule has 14 heavy (non-hydrogen) atoms. The summed E-state index contributed by atoms with van der Waals surface area (Å²) < 4.78 is 4.98. The average molecular weight is 195 g/mol. The highest BCUT2D eigenvalue weighted by atomic mass is 16.5. The minimum atomic E-state index is -0.210. The van der Waals surface area contributed by atoms with Gasteiger partial charge >= 0.3 is 0 Å². The molecule has 0 atom stereocenters. The van der Waals surface area contributed by atoms with E-state index in [2.05, 4.69) is 5.32 Å². The Morgan fingerprint density at radius 1 is 1.57 bits per heavy atom. The standard InChI is InChI=1S/C10H13NO3/c1-14-9-4-2-3-8(7-9)10(13)11-5-6-12/h2-4,7,12H,5-6H2,1H3,(H,11,13). The largest absolute Gasteiger partial charge is 0.497 e. The first-order valence-corrected chi connectivity index (χ1v) is 4.31. The van der Waals surface area contributed by atoms with Crippen molar-refractivity contribution >= 4 is 5.91 Å². The van der Waals surface area contributed by atoms with E-state index in [1.165, 1.54) is 0 Å². The van der Waals surface area contributed by atoms with Crippen LogP contribution in [0.4, 0.5) is 0 Å². The highest BCUT2D eigenvalue weighted by Gasteiger charge is 2.04. The van der Waals surface area contributed by atoms with E-state index in [9.17, 15) is 4.79 Å². The van der Waals surface area contributed by atoms with E-state index >= 15 is 0 Å². The molecule has 0 aromatic heterocycles. The smallest absolute Gasteiger partial charge is 0.251 e. The Bertz CT molecular complexity index is 312. The topological polar surface area (TPSA) is 58.6 Å². The van der Waals surface area contributed by atoms with Crippen LogP contribution in [0.25, 0.3) is 0 Å². The molecule has 2 N–H and O–H groups in total. The molecule has 76 valence electrons. The molecule has 0 aliphatic heterocycles. The molecule has 0 fully saturated rings. The lowest BCUT2D eigenvalue weighted by Crippen LogP contribution is -2.26. The Balaban J connectivity index is 2.69. The molecule has 4 heteroatoms. The molecule has 0 radical (unpaired) electrons. The first kappa shape index (κ1) is 10.5. The molecule has 0 saturated heterocycles. The van der Waals surface area contributed by atoms with Crippen molar-refractivity contribution in [2.24, 2.45) is 0 Å². The molecule has 0 spiro atoms. The number of nitrogens with one attached hydrogen (secondary N) is 1. The number of amides is 1. The van der Waals surface area contributed by atoms with Gasteiger partial charge in [0.15, 0.2) is 0 Å². The molecule has 0 unspecified atom stereocenters. The van der Waals surface area contributed by atoms with Gasteiger partial charge in [-0.2, -0.15) is 0 Å². The van der Waals surface area contributed by atoms with Gasteiger partial charge in [-0.3, -0.25) is 4.79 Å². The Morgan fingerprint density at radius 3 is 3.00 bits per heavy atom. The third-order valence-corrected chi connectivity index (χ3v) is 1.73. The first-order chi connectivity index (χ1) is 6.77. The van der Waals surface area contributed by atoms with Crippen LogP contribution in [-0.2, 0) is 0 Å². The summed E-state index contributed by atoms with van der Waals surface area (Å²) in [6.45, 7) is 0.200. The van der Waals surface area contributed by atoms with E-state index in [0.29, 0.717) is 11.3 Å². The summed E-state index contributed by atoms with van der Waals surface area (Å²) >= 11 is 0. The monoisotopic (exact) mass is 195 g/mol. The third-order valence-electron chi connectivity index (χ3n) is 1.73. The minimum absolute atomic E-state index is 0.0598.